The Morgan fingerprint density at radius 1 is 1.29 bits per heavy atom. The SMILES string of the molecule is CCN(CC)C(=S)Nc1ccc2nc3n(c(=O)c2c1)CCCCC3. The number of hydrogen-bond donors (Lipinski definition) is 1. The van der Waals surface area contributed by atoms with Crippen LogP contribution in [0.25, 0.3) is 10.9 Å². The highest BCUT2D eigenvalue weighted by Crippen LogP contribution is 2.18. The van der Waals surface area contributed by atoms with Gasteiger partial charge in [-0.25, -0.2) is 4.98 Å². The lowest BCUT2D eigenvalue weighted by Gasteiger charge is -2.22. The van der Waals surface area contributed by atoms with Crippen LogP contribution in [-0.2, 0) is 13.0 Å². The van der Waals surface area contributed by atoms with Crippen LogP contribution in [0, 0.1) is 0 Å². The lowest BCUT2D eigenvalue weighted by atomic mass is 10.2. The topological polar surface area (TPSA) is 50.2 Å². The molecule has 0 saturated heterocycles. The number of aromatic nitrogens is 2. The summed E-state index contributed by atoms with van der Waals surface area (Å²) in [6.07, 6.45) is 4.20. The van der Waals surface area contributed by atoms with Crippen LogP contribution in [-0.4, -0.2) is 32.7 Å². The number of hydrogen-bond acceptors (Lipinski definition) is 3. The molecule has 0 aliphatic carbocycles. The Hall–Kier alpha value is -1.95. The van der Waals surface area contributed by atoms with Gasteiger partial charge in [0.1, 0.15) is 5.82 Å². The first-order valence-electron chi connectivity index (χ1n) is 8.73. The molecule has 0 radical (unpaired) electrons. The average molecular weight is 344 g/mol. The highest BCUT2D eigenvalue weighted by molar-refractivity contribution is 7.80. The maximum atomic E-state index is 12.9. The Kier molecular flexibility index (Phi) is 5.14. The molecule has 6 heteroatoms. The van der Waals surface area contributed by atoms with Gasteiger partial charge >= 0.3 is 0 Å². The number of nitrogens with zero attached hydrogens (tertiary/aromatic N) is 3. The number of fused-ring (bicyclic) bond motifs is 2. The first kappa shape index (κ1) is 16.9. The number of anilines is 1. The predicted octanol–water partition coefficient (Wildman–Crippen LogP) is 3.16. The fourth-order valence-electron chi connectivity index (χ4n) is 3.21. The van der Waals surface area contributed by atoms with Gasteiger partial charge in [0.25, 0.3) is 5.56 Å². The van der Waals surface area contributed by atoms with Crippen LogP contribution in [0.15, 0.2) is 23.0 Å². The smallest absolute Gasteiger partial charge is 0.261 e. The van der Waals surface area contributed by atoms with Crippen molar-refractivity contribution in [2.75, 3.05) is 18.4 Å². The lowest BCUT2D eigenvalue weighted by molar-refractivity contribution is 0.473. The zero-order valence-electron chi connectivity index (χ0n) is 14.3. The van der Waals surface area contributed by atoms with Crippen molar-refractivity contribution in [1.82, 2.24) is 14.5 Å². The van der Waals surface area contributed by atoms with E-state index in [1.165, 1.54) is 0 Å². The van der Waals surface area contributed by atoms with E-state index in [0.717, 1.165) is 62.3 Å². The van der Waals surface area contributed by atoms with E-state index in [1.54, 1.807) is 0 Å². The minimum atomic E-state index is 0.0642. The van der Waals surface area contributed by atoms with Gasteiger partial charge in [0.15, 0.2) is 5.11 Å². The molecule has 0 bridgehead atoms. The molecule has 5 nitrogen and oxygen atoms in total. The molecule has 1 N–H and O–H groups in total. The second-order valence-electron chi connectivity index (χ2n) is 6.13. The normalized spacial score (nSPS) is 14.1. The van der Waals surface area contributed by atoms with Gasteiger partial charge in [-0.2, -0.15) is 0 Å². The molecule has 1 aliphatic rings. The summed E-state index contributed by atoms with van der Waals surface area (Å²) in [5, 5.41) is 4.58. The van der Waals surface area contributed by atoms with Crippen LogP contribution < -0.4 is 10.9 Å². The molecule has 0 saturated carbocycles. The first-order chi connectivity index (χ1) is 11.6. The summed E-state index contributed by atoms with van der Waals surface area (Å²) in [6, 6.07) is 5.73. The van der Waals surface area contributed by atoms with Crippen LogP contribution in [0.4, 0.5) is 5.69 Å². The predicted molar refractivity (Wildman–Crippen MR) is 103 cm³/mol. The fourth-order valence-corrected chi connectivity index (χ4v) is 3.59. The Morgan fingerprint density at radius 2 is 2.08 bits per heavy atom. The first-order valence-corrected chi connectivity index (χ1v) is 9.14. The largest absolute Gasteiger partial charge is 0.350 e. The van der Waals surface area contributed by atoms with E-state index in [1.807, 2.05) is 22.8 Å². The average Bonchev–Trinajstić information content (AvgIpc) is 2.82. The molecule has 128 valence electrons. The highest BCUT2D eigenvalue weighted by Gasteiger charge is 2.14. The Labute approximate surface area is 147 Å². The molecule has 1 aromatic carbocycles. The van der Waals surface area contributed by atoms with E-state index in [2.05, 4.69) is 24.1 Å². The lowest BCUT2D eigenvalue weighted by Crippen LogP contribution is -2.34. The summed E-state index contributed by atoms with van der Waals surface area (Å²) in [6.45, 7) is 6.63. The van der Waals surface area contributed by atoms with Gasteiger partial charge < -0.3 is 10.2 Å². The van der Waals surface area contributed by atoms with Gasteiger partial charge in [-0.05, 0) is 57.1 Å². The summed E-state index contributed by atoms with van der Waals surface area (Å²) in [5.41, 5.74) is 1.68. The van der Waals surface area contributed by atoms with Gasteiger partial charge in [0, 0.05) is 31.7 Å². The maximum absolute atomic E-state index is 12.9. The monoisotopic (exact) mass is 344 g/mol. The molecule has 2 aromatic rings. The molecule has 3 rings (SSSR count). The van der Waals surface area contributed by atoms with Gasteiger partial charge in [-0.15, -0.1) is 0 Å². The van der Waals surface area contributed by atoms with Crippen molar-refractivity contribution in [1.29, 1.82) is 0 Å². The van der Waals surface area contributed by atoms with Crippen LogP contribution in [0.3, 0.4) is 0 Å². The summed E-state index contributed by atoms with van der Waals surface area (Å²) < 4.78 is 1.85. The van der Waals surface area contributed by atoms with Crippen LogP contribution >= 0.6 is 12.2 Å². The molecule has 0 spiro atoms. The van der Waals surface area contributed by atoms with Crippen molar-refractivity contribution in [2.24, 2.45) is 0 Å². The molecule has 0 amide bonds. The van der Waals surface area contributed by atoms with E-state index in [0.29, 0.717) is 10.5 Å². The summed E-state index contributed by atoms with van der Waals surface area (Å²) in [4.78, 5) is 19.6. The fraction of sp³-hybridized carbons (Fsp3) is 0.500. The highest BCUT2D eigenvalue weighted by atomic mass is 32.1. The molecular formula is C18H24N4OS. The van der Waals surface area contributed by atoms with Crippen molar-refractivity contribution in [3.05, 3.63) is 34.4 Å². The van der Waals surface area contributed by atoms with E-state index in [4.69, 9.17) is 17.2 Å². The summed E-state index contributed by atoms with van der Waals surface area (Å²) >= 11 is 5.44. The number of rotatable bonds is 3. The number of thiocarbonyl (C=S) groups is 1. The van der Waals surface area contributed by atoms with Gasteiger partial charge in [0.2, 0.25) is 0 Å². The van der Waals surface area contributed by atoms with Crippen LogP contribution in [0.5, 0.6) is 0 Å². The van der Waals surface area contributed by atoms with E-state index >= 15 is 0 Å². The van der Waals surface area contributed by atoms with Crippen LogP contribution in [0.2, 0.25) is 0 Å². The van der Waals surface area contributed by atoms with Gasteiger partial charge in [0.05, 0.1) is 10.9 Å². The molecule has 0 unspecified atom stereocenters. The number of benzene rings is 1. The molecule has 1 aromatic heterocycles. The van der Waals surface area contributed by atoms with Crippen LogP contribution in [0.1, 0.15) is 38.9 Å². The second-order valence-corrected chi connectivity index (χ2v) is 6.52. The molecule has 0 fully saturated rings. The van der Waals surface area contributed by atoms with Gasteiger partial charge in [-0.3, -0.25) is 9.36 Å². The zero-order chi connectivity index (χ0) is 17.1. The quantitative estimate of drug-likeness (QED) is 0.867. The standard InChI is InChI=1S/C18H24N4OS/c1-3-21(4-2)18(24)19-13-9-10-15-14(12-13)17(23)22-11-7-5-6-8-16(22)20-15/h9-10,12H,3-8,11H2,1-2H3,(H,19,24). The molecule has 1 aliphatic heterocycles. The minimum Gasteiger partial charge on any atom is -0.350 e. The Morgan fingerprint density at radius 3 is 2.83 bits per heavy atom. The van der Waals surface area contributed by atoms with Gasteiger partial charge in [-0.1, -0.05) is 6.42 Å². The third-order valence-corrected chi connectivity index (χ3v) is 4.98. The van der Waals surface area contributed by atoms with E-state index in [-0.39, 0.29) is 5.56 Å². The van der Waals surface area contributed by atoms with Crippen molar-refractivity contribution >= 4 is 33.9 Å². The van der Waals surface area contributed by atoms with E-state index < -0.39 is 0 Å². The van der Waals surface area contributed by atoms with E-state index in [9.17, 15) is 4.79 Å². The summed E-state index contributed by atoms with van der Waals surface area (Å²) in [5.74, 6) is 0.921. The molecule has 24 heavy (non-hydrogen) atoms. The molecule has 2 heterocycles. The van der Waals surface area contributed by atoms with Crippen molar-refractivity contribution < 1.29 is 0 Å². The Bertz CT molecular complexity index is 811. The van der Waals surface area contributed by atoms with Crippen molar-refractivity contribution in [3.63, 3.8) is 0 Å². The minimum absolute atomic E-state index is 0.0642. The number of nitrogens with one attached hydrogen (secondary N) is 1. The molecular weight excluding hydrogens is 320 g/mol. The zero-order valence-corrected chi connectivity index (χ0v) is 15.2. The Balaban J connectivity index is 1.97. The summed E-state index contributed by atoms with van der Waals surface area (Å²) in [7, 11) is 0. The third kappa shape index (κ3) is 3.29. The van der Waals surface area contributed by atoms with Crippen molar-refractivity contribution in [2.45, 2.75) is 46.1 Å². The number of aryl methyl sites for hydroxylation is 1. The second kappa shape index (κ2) is 7.30. The molecule has 0 atom stereocenters. The van der Waals surface area contributed by atoms with Crippen molar-refractivity contribution in [3.8, 4) is 0 Å². The third-order valence-electron chi connectivity index (χ3n) is 4.62. The maximum Gasteiger partial charge on any atom is 0.261 e.